The van der Waals surface area contributed by atoms with Gasteiger partial charge in [0.15, 0.2) is 0 Å². The molecule has 1 N–H and O–H groups in total. The number of benzene rings is 2. The Bertz CT molecular complexity index is 802. The van der Waals surface area contributed by atoms with E-state index in [9.17, 15) is 13.2 Å². The maximum atomic E-state index is 12.6. The molecule has 2 aromatic carbocycles. The first-order chi connectivity index (χ1) is 11.9. The van der Waals surface area contributed by atoms with Crippen LogP contribution in [-0.2, 0) is 10.0 Å². The van der Waals surface area contributed by atoms with Crippen molar-refractivity contribution in [2.75, 3.05) is 11.4 Å². The van der Waals surface area contributed by atoms with Crippen molar-refractivity contribution in [1.29, 1.82) is 0 Å². The first kappa shape index (κ1) is 19.0. The lowest BCUT2D eigenvalue weighted by Crippen LogP contribution is -2.32. The highest BCUT2D eigenvalue weighted by molar-refractivity contribution is 7.92. The molecular formula is C19H24N2O3S. The van der Waals surface area contributed by atoms with Crippen molar-refractivity contribution in [2.45, 2.75) is 37.6 Å². The minimum atomic E-state index is -3.62. The van der Waals surface area contributed by atoms with Gasteiger partial charge in [-0.15, -0.1) is 0 Å². The van der Waals surface area contributed by atoms with Gasteiger partial charge in [0.2, 0.25) is 0 Å². The number of sulfonamides is 1. The van der Waals surface area contributed by atoms with Gasteiger partial charge < -0.3 is 5.32 Å². The van der Waals surface area contributed by atoms with Crippen LogP contribution < -0.4 is 9.62 Å². The lowest BCUT2D eigenvalue weighted by Gasteiger charge is -2.20. The van der Waals surface area contributed by atoms with Crippen LogP contribution in [0.1, 0.15) is 37.0 Å². The summed E-state index contributed by atoms with van der Waals surface area (Å²) in [6, 6.07) is 14.9. The second-order valence-corrected chi connectivity index (χ2v) is 7.96. The van der Waals surface area contributed by atoms with Gasteiger partial charge in [0, 0.05) is 18.7 Å². The van der Waals surface area contributed by atoms with Crippen LogP contribution in [0.5, 0.6) is 0 Å². The Morgan fingerprint density at radius 2 is 1.68 bits per heavy atom. The van der Waals surface area contributed by atoms with Crippen molar-refractivity contribution in [3.8, 4) is 0 Å². The van der Waals surface area contributed by atoms with Gasteiger partial charge in [-0.3, -0.25) is 9.10 Å². The van der Waals surface area contributed by atoms with E-state index in [-0.39, 0.29) is 16.8 Å². The number of anilines is 1. The quantitative estimate of drug-likeness (QED) is 0.822. The minimum absolute atomic E-state index is 0.110. The van der Waals surface area contributed by atoms with Crippen LogP contribution >= 0.6 is 0 Å². The monoisotopic (exact) mass is 360 g/mol. The van der Waals surface area contributed by atoms with Crippen LogP contribution in [-0.4, -0.2) is 27.4 Å². The molecule has 0 aliphatic carbocycles. The normalized spacial score (nSPS) is 12.4. The molecule has 0 aliphatic heterocycles. The Labute approximate surface area is 149 Å². The first-order valence-electron chi connectivity index (χ1n) is 8.31. The highest BCUT2D eigenvalue weighted by Crippen LogP contribution is 2.22. The molecule has 1 amide bonds. The molecule has 0 aromatic heterocycles. The van der Waals surface area contributed by atoms with E-state index in [1.807, 2.05) is 6.92 Å². The molecule has 0 aliphatic rings. The number of rotatable bonds is 7. The van der Waals surface area contributed by atoms with Crippen LogP contribution in [0.25, 0.3) is 0 Å². The van der Waals surface area contributed by atoms with Gasteiger partial charge in [-0.05, 0) is 49.7 Å². The Kier molecular flexibility index (Phi) is 6.20. The topological polar surface area (TPSA) is 66.5 Å². The van der Waals surface area contributed by atoms with E-state index in [2.05, 4.69) is 12.2 Å². The lowest BCUT2D eigenvalue weighted by atomic mass is 10.1. The molecule has 0 saturated carbocycles. The highest BCUT2D eigenvalue weighted by Gasteiger charge is 2.21. The molecule has 0 fully saturated rings. The highest BCUT2D eigenvalue weighted by atomic mass is 32.2. The molecule has 0 heterocycles. The summed E-state index contributed by atoms with van der Waals surface area (Å²) < 4.78 is 26.4. The van der Waals surface area contributed by atoms with Gasteiger partial charge in [0.1, 0.15) is 0 Å². The first-order valence-corrected chi connectivity index (χ1v) is 9.75. The van der Waals surface area contributed by atoms with Gasteiger partial charge in [-0.2, -0.15) is 0 Å². The van der Waals surface area contributed by atoms with Crippen molar-refractivity contribution in [3.05, 3.63) is 60.2 Å². The van der Waals surface area contributed by atoms with E-state index in [0.717, 1.165) is 12.8 Å². The second kappa shape index (κ2) is 8.16. The number of carbonyl (C=O) groups excluding carboxylic acids is 1. The molecule has 0 saturated heterocycles. The standard InChI is InChI=1S/C19H24N2O3S/c1-4-8-15(2)20-19(22)16-11-13-17(14-12-16)21(3)25(23,24)18-9-6-5-7-10-18/h5-7,9-15H,4,8H2,1-3H3,(H,20,22)/t15-/m0/s1. The maximum Gasteiger partial charge on any atom is 0.264 e. The summed E-state index contributed by atoms with van der Waals surface area (Å²) in [5, 5.41) is 2.93. The van der Waals surface area contributed by atoms with E-state index in [4.69, 9.17) is 0 Å². The summed E-state index contributed by atoms with van der Waals surface area (Å²) in [7, 11) is -2.12. The summed E-state index contributed by atoms with van der Waals surface area (Å²) in [5.74, 6) is -0.152. The van der Waals surface area contributed by atoms with Crippen molar-refractivity contribution in [3.63, 3.8) is 0 Å². The second-order valence-electron chi connectivity index (χ2n) is 6.00. The number of nitrogens with zero attached hydrogens (tertiary/aromatic N) is 1. The molecule has 0 spiro atoms. The Morgan fingerprint density at radius 3 is 2.24 bits per heavy atom. The van der Waals surface area contributed by atoms with Gasteiger partial charge in [-0.1, -0.05) is 31.5 Å². The zero-order valence-electron chi connectivity index (χ0n) is 14.8. The number of hydrogen-bond acceptors (Lipinski definition) is 3. The molecule has 6 heteroatoms. The SMILES string of the molecule is CCC[C@H](C)NC(=O)c1ccc(N(C)S(=O)(=O)c2ccccc2)cc1. The summed E-state index contributed by atoms with van der Waals surface area (Å²) >= 11 is 0. The van der Waals surface area contributed by atoms with Gasteiger partial charge in [-0.25, -0.2) is 8.42 Å². The molecule has 0 radical (unpaired) electrons. The van der Waals surface area contributed by atoms with Gasteiger partial charge in [0.05, 0.1) is 10.6 Å². The number of amides is 1. The number of nitrogens with one attached hydrogen (secondary N) is 1. The molecule has 0 unspecified atom stereocenters. The van der Waals surface area contributed by atoms with Crippen LogP contribution in [0, 0.1) is 0 Å². The predicted molar refractivity (Wildman–Crippen MR) is 100 cm³/mol. The summed E-state index contributed by atoms with van der Waals surface area (Å²) in [6.07, 6.45) is 1.92. The lowest BCUT2D eigenvalue weighted by molar-refractivity contribution is 0.0938. The van der Waals surface area contributed by atoms with E-state index < -0.39 is 10.0 Å². The largest absolute Gasteiger partial charge is 0.350 e. The van der Waals surface area contributed by atoms with Gasteiger partial charge >= 0.3 is 0 Å². The van der Waals surface area contributed by atoms with Crippen LogP contribution in [0.15, 0.2) is 59.5 Å². The average molecular weight is 360 g/mol. The molecule has 0 bridgehead atoms. The summed E-state index contributed by atoms with van der Waals surface area (Å²) in [5.41, 5.74) is 1.01. The van der Waals surface area contributed by atoms with Crippen LogP contribution in [0.4, 0.5) is 5.69 Å². The zero-order valence-corrected chi connectivity index (χ0v) is 15.6. The molecule has 25 heavy (non-hydrogen) atoms. The third-order valence-electron chi connectivity index (χ3n) is 3.99. The van der Waals surface area contributed by atoms with E-state index in [1.165, 1.54) is 11.4 Å². The van der Waals surface area contributed by atoms with E-state index in [0.29, 0.717) is 11.3 Å². The molecule has 134 valence electrons. The minimum Gasteiger partial charge on any atom is -0.350 e. The molecule has 2 aromatic rings. The maximum absolute atomic E-state index is 12.6. The fourth-order valence-electron chi connectivity index (χ4n) is 2.52. The molecular weight excluding hydrogens is 336 g/mol. The Morgan fingerprint density at radius 1 is 1.08 bits per heavy atom. The zero-order chi connectivity index (χ0) is 18.4. The summed E-state index contributed by atoms with van der Waals surface area (Å²) in [6.45, 7) is 4.04. The fourth-order valence-corrected chi connectivity index (χ4v) is 3.74. The van der Waals surface area contributed by atoms with E-state index in [1.54, 1.807) is 54.6 Å². The average Bonchev–Trinajstić information content (AvgIpc) is 2.62. The third-order valence-corrected chi connectivity index (χ3v) is 5.79. The van der Waals surface area contributed by atoms with E-state index >= 15 is 0 Å². The Balaban J connectivity index is 2.15. The number of hydrogen-bond donors (Lipinski definition) is 1. The Hall–Kier alpha value is -2.34. The van der Waals surface area contributed by atoms with Crippen LogP contribution in [0.3, 0.4) is 0 Å². The summed E-state index contributed by atoms with van der Waals surface area (Å²) in [4.78, 5) is 12.4. The van der Waals surface area contributed by atoms with Crippen molar-refractivity contribution in [1.82, 2.24) is 5.32 Å². The fraction of sp³-hybridized carbons (Fsp3) is 0.316. The van der Waals surface area contributed by atoms with Crippen molar-refractivity contribution < 1.29 is 13.2 Å². The smallest absolute Gasteiger partial charge is 0.264 e. The third kappa shape index (κ3) is 4.60. The van der Waals surface area contributed by atoms with Crippen molar-refractivity contribution in [2.24, 2.45) is 0 Å². The molecule has 2 rings (SSSR count). The number of carbonyl (C=O) groups is 1. The van der Waals surface area contributed by atoms with Crippen LogP contribution in [0.2, 0.25) is 0 Å². The van der Waals surface area contributed by atoms with Gasteiger partial charge in [0.25, 0.3) is 15.9 Å². The molecule has 1 atom stereocenters. The molecule has 5 nitrogen and oxygen atoms in total. The predicted octanol–water partition coefficient (Wildman–Crippen LogP) is 3.43. The van der Waals surface area contributed by atoms with Crippen molar-refractivity contribution >= 4 is 21.6 Å².